The molecule has 0 saturated carbocycles. The number of hydrogen-bond donors (Lipinski definition) is 0. The summed E-state index contributed by atoms with van der Waals surface area (Å²) in [4.78, 5) is 12.6. The first-order valence-electron chi connectivity index (χ1n) is 6.77. The molecular formula is C17H10Br2O4S. The van der Waals surface area contributed by atoms with Crippen LogP contribution in [0.1, 0.15) is 5.56 Å². The summed E-state index contributed by atoms with van der Waals surface area (Å²) in [6, 6.07) is 11.3. The highest BCUT2D eigenvalue weighted by Crippen LogP contribution is 2.20. The summed E-state index contributed by atoms with van der Waals surface area (Å²) in [5.41, 5.74) is 0.317. The fraction of sp³-hybridized carbons (Fsp3) is 0. The Kier molecular flexibility index (Phi) is 4.76. The SMILES string of the molecule is O=c1c(/C=C/S(=O)(=O)c2ccc(Br)cc2)coc2ccc(Br)cc12. The molecule has 0 fully saturated rings. The second-order valence-corrected chi connectivity index (χ2v) is 8.63. The summed E-state index contributed by atoms with van der Waals surface area (Å²) < 4.78 is 31.5. The van der Waals surface area contributed by atoms with E-state index in [-0.39, 0.29) is 15.9 Å². The van der Waals surface area contributed by atoms with E-state index in [1.807, 2.05) is 0 Å². The monoisotopic (exact) mass is 468 g/mol. The van der Waals surface area contributed by atoms with Crippen molar-refractivity contribution in [3.8, 4) is 0 Å². The van der Waals surface area contributed by atoms with Crippen molar-refractivity contribution in [1.82, 2.24) is 0 Å². The molecule has 3 aromatic rings. The van der Waals surface area contributed by atoms with Crippen LogP contribution in [0.3, 0.4) is 0 Å². The summed E-state index contributed by atoms with van der Waals surface area (Å²) in [5.74, 6) is 0. The van der Waals surface area contributed by atoms with E-state index in [1.54, 1.807) is 30.3 Å². The standard InChI is InChI=1S/C17H10Br2O4S/c18-12-1-4-14(5-2-12)24(21,22)8-7-11-10-23-16-6-3-13(19)9-15(16)17(11)20/h1-10H/b8-7+. The zero-order chi connectivity index (χ0) is 17.3. The van der Waals surface area contributed by atoms with Crippen LogP contribution in [0.5, 0.6) is 0 Å². The Bertz CT molecular complexity index is 1100. The van der Waals surface area contributed by atoms with Crippen molar-refractivity contribution in [2.45, 2.75) is 4.90 Å². The molecule has 0 aliphatic heterocycles. The molecule has 0 atom stereocenters. The molecule has 24 heavy (non-hydrogen) atoms. The van der Waals surface area contributed by atoms with E-state index in [2.05, 4.69) is 31.9 Å². The molecule has 122 valence electrons. The Morgan fingerprint density at radius 2 is 1.62 bits per heavy atom. The topological polar surface area (TPSA) is 64.3 Å². The fourth-order valence-corrected chi connectivity index (χ4v) is 3.72. The lowest BCUT2D eigenvalue weighted by atomic mass is 10.2. The van der Waals surface area contributed by atoms with Crippen LogP contribution in [0.4, 0.5) is 0 Å². The molecule has 0 spiro atoms. The summed E-state index contributed by atoms with van der Waals surface area (Å²) >= 11 is 6.56. The van der Waals surface area contributed by atoms with Gasteiger partial charge in [0.15, 0.2) is 15.3 Å². The lowest BCUT2D eigenvalue weighted by Crippen LogP contribution is -2.05. The van der Waals surface area contributed by atoms with E-state index in [0.717, 1.165) is 14.4 Å². The van der Waals surface area contributed by atoms with Crippen LogP contribution in [-0.4, -0.2) is 8.42 Å². The van der Waals surface area contributed by atoms with Gasteiger partial charge in [-0.25, -0.2) is 8.42 Å². The molecule has 0 N–H and O–H groups in total. The van der Waals surface area contributed by atoms with Crippen LogP contribution in [-0.2, 0) is 9.84 Å². The maximum Gasteiger partial charge on any atom is 0.199 e. The first-order chi connectivity index (χ1) is 11.4. The molecule has 0 aliphatic rings. The van der Waals surface area contributed by atoms with Crippen molar-refractivity contribution in [2.75, 3.05) is 0 Å². The molecule has 0 saturated heterocycles. The zero-order valence-electron chi connectivity index (χ0n) is 12.1. The van der Waals surface area contributed by atoms with Gasteiger partial charge in [0.2, 0.25) is 0 Å². The average molecular weight is 470 g/mol. The van der Waals surface area contributed by atoms with Crippen molar-refractivity contribution in [1.29, 1.82) is 0 Å². The summed E-state index contributed by atoms with van der Waals surface area (Å²) in [7, 11) is -3.64. The van der Waals surface area contributed by atoms with Gasteiger partial charge in [0.1, 0.15) is 11.8 Å². The lowest BCUT2D eigenvalue weighted by molar-refractivity contribution is 0.601. The fourth-order valence-electron chi connectivity index (χ4n) is 2.10. The number of halogens is 2. The van der Waals surface area contributed by atoms with Crippen LogP contribution in [0, 0.1) is 0 Å². The van der Waals surface area contributed by atoms with Gasteiger partial charge in [-0.15, -0.1) is 0 Å². The van der Waals surface area contributed by atoms with Gasteiger partial charge >= 0.3 is 0 Å². The van der Waals surface area contributed by atoms with Gasteiger partial charge in [0, 0.05) is 14.4 Å². The minimum atomic E-state index is -3.64. The Morgan fingerprint density at radius 1 is 0.958 bits per heavy atom. The molecule has 3 rings (SSSR count). The first-order valence-corrected chi connectivity index (χ1v) is 9.90. The van der Waals surface area contributed by atoms with Gasteiger partial charge in [-0.3, -0.25) is 4.79 Å². The van der Waals surface area contributed by atoms with Crippen molar-refractivity contribution >= 4 is 58.7 Å². The Balaban J connectivity index is 2.03. The highest BCUT2D eigenvalue weighted by molar-refractivity contribution is 9.10. The summed E-state index contributed by atoms with van der Waals surface area (Å²) in [6.07, 6.45) is 2.51. The molecule has 4 nitrogen and oxygen atoms in total. The molecule has 0 bridgehead atoms. The minimum Gasteiger partial charge on any atom is -0.463 e. The van der Waals surface area contributed by atoms with E-state index in [0.29, 0.717) is 11.0 Å². The van der Waals surface area contributed by atoms with Crippen LogP contribution in [0.15, 0.2) is 77.2 Å². The molecular weight excluding hydrogens is 460 g/mol. The quantitative estimate of drug-likeness (QED) is 0.554. The van der Waals surface area contributed by atoms with E-state index in [9.17, 15) is 13.2 Å². The predicted molar refractivity (Wildman–Crippen MR) is 101 cm³/mol. The average Bonchev–Trinajstić information content (AvgIpc) is 2.55. The number of benzene rings is 2. The number of rotatable bonds is 3. The Hall–Kier alpha value is -1.70. The second-order valence-electron chi connectivity index (χ2n) is 4.96. The second kappa shape index (κ2) is 6.66. The third kappa shape index (κ3) is 3.53. The van der Waals surface area contributed by atoms with Crippen LogP contribution in [0.25, 0.3) is 17.0 Å². The van der Waals surface area contributed by atoms with E-state index in [4.69, 9.17) is 4.42 Å². The van der Waals surface area contributed by atoms with Gasteiger partial charge in [0.05, 0.1) is 15.8 Å². The van der Waals surface area contributed by atoms with Crippen molar-refractivity contribution in [3.63, 3.8) is 0 Å². The molecule has 1 heterocycles. The van der Waals surface area contributed by atoms with Crippen LogP contribution in [0.2, 0.25) is 0 Å². The maximum atomic E-state index is 12.4. The number of fused-ring (bicyclic) bond motifs is 1. The van der Waals surface area contributed by atoms with E-state index < -0.39 is 9.84 Å². The third-order valence-corrected chi connectivity index (χ3v) is 5.78. The zero-order valence-corrected chi connectivity index (χ0v) is 16.1. The van der Waals surface area contributed by atoms with Crippen molar-refractivity contribution in [2.24, 2.45) is 0 Å². The maximum absolute atomic E-state index is 12.4. The molecule has 7 heteroatoms. The Labute approximate surface area is 155 Å². The van der Waals surface area contributed by atoms with Crippen molar-refractivity contribution in [3.05, 3.63) is 78.9 Å². The molecule has 0 amide bonds. The normalized spacial score (nSPS) is 12.1. The lowest BCUT2D eigenvalue weighted by Gasteiger charge is -2.01. The van der Waals surface area contributed by atoms with Gasteiger partial charge in [-0.1, -0.05) is 31.9 Å². The van der Waals surface area contributed by atoms with Gasteiger partial charge < -0.3 is 4.42 Å². The van der Waals surface area contributed by atoms with Crippen LogP contribution < -0.4 is 5.43 Å². The first kappa shape index (κ1) is 17.1. The number of hydrogen-bond acceptors (Lipinski definition) is 4. The highest BCUT2D eigenvalue weighted by atomic mass is 79.9. The smallest absolute Gasteiger partial charge is 0.199 e. The summed E-state index contributed by atoms with van der Waals surface area (Å²) in [6.45, 7) is 0. The summed E-state index contributed by atoms with van der Waals surface area (Å²) in [5, 5.41) is 1.39. The predicted octanol–water partition coefficient (Wildman–Crippen LogP) is 4.76. The number of sulfone groups is 1. The van der Waals surface area contributed by atoms with Gasteiger partial charge in [-0.05, 0) is 48.5 Å². The highest BCUT2D eigenvalue weighted by Gasteiger charge is 2.11. The molecule has 0 aliphatic carbocycles. The van der Waals surface area contributed by atoms with E-state index in [1.165, 1.54) is 24.5 Å². The largest absolute Gasteiger partial charge is 0.463 e. The molecule has 0 unspecified atom stereocenters. The molecule has 0 radical (unpaired) electrons. The van der Waals surface area contributed by atoms with Gasteiger partial charge in [0.25, 0.3) is 0 Å². The molecule has 1 aromatic heterocycles. The Morgan fingerprint density at radius 3 is 2.33 bits per heavy atom. The van der Waals surface area contributed by atoms with E-state index >= 15 is 0 Å². The minimum absolute atomic E-state index is 0.148. The van der Waals surface area contributed by atoms with Crippen LogP contribution >= 0.6 is 31.9 Å². The molecule has 2 aromatic carbocycles. The third-order valence-electron chi connectivity index (χ3n) is 3.33. The van der Waals surface area contributed by atoms with Gasteiger partial charge in [-0.2, -0.15) is 0 Å². The van der Waals surface area contributed by atoms with Crippen molar-refractivity contribution < 1.29 is 12.8 Å².